The number of likely N-dealkylation sites (tertiary alicyclic amines) is 1. The lowest BCUT2D eigenvalue weighted by Crippen LogP contribution is -2.54. The van der Waals surface area contributed by atoms with Gasteiger partial charge < -0.3 is 9.80 Å². The zero-order valence-electron chi connectivity index (χ0n) is 29.3. The van der Waals surface area contributed by atoms with Crippen LogP contribution in [0.2, 0.25) is 0 Å². The number of hydrogen-bond acceptors (Lipinski definition) is 9. The van der Waals surface area contributed by atoms with Crippen LogP contribution in [0.25, 0.3) is 22.0 Å². The fourth-order valence-corrected chi connectivity index (χ4v) is 8.75. The molecule has 0 bridgehead atoms. The van der Waals surface area contributed by atoms with Crippen molar-refractivity contribution in [2.45, 2.75) is 70.7 Å². The number of amides is 6. The molecule has 2 aromatic carbocycles. The van der Waals surface area contributed by atoms with E-state index in [1.165, 1.54) is 0 Å². The summed E-state index contributed by atoms with van der Waals surface area (Å²) in [5.41, 5.74) is 6.38. The summed E-state index contributed by atoms with van der Waals surface area (Å²) in [6.07, 6.45) is 6.06. The van der Waals surface area contributed by atoms with E-state index in [0.717, 1.165) is 68.6 Å². The summed E-state index contributed by atoms with van der Waals surface area (Å²) in [4.78, 5) is 87.9. The van der Waals surface area contributed by atoms with Crippen LogP contribution in [-0.4, -0.2) is 102 Å². The predicted molar refractivity (Wildman–Crippen MR) is 190 cm³/mol. The predicted octanol–water partition coefficient (Wildman–Crippen LogP) is 2.58. The summed E-state index contributed by atoms with van der Waals surface area (Å²) < 4.78 is 2.17. The first-order chi connectivity index (χ1) is 25.6. The number of piperidine rings is 2. The highest BCUT2D eigenvalue weighted by Gasteiger charge is 2.45. The average Bonchev–Trinajstić information content (AvgIpc) is 3.81. The molecule has 2 fully saturated rings. The van der Waals surface area contributed by atoms with Gasteiger partial charge >= 0.3 is 0 Å². The summed E-state index contributed by atoms with van der Waals surface area (Å²) in [5, 5.41) is 9.56. The van der Waals surface area contributed by atoms with Gasteiger partial charge in [0.05, 0.1) is 29.4 Å². The normalized spacial score (nSPS) is 20.5. The van der Waals surface area contributed by atoms with Gasteiger partial charge in [-0.3, -0.25) is 53.5 Å². The minimum Gasteiger partial charge on any atom is -0.341 e. The van der Waals surface area contributed by atoms with E-state index in [2.05, 4.69) is 27.1 Å². The van der Waals surface area contributed by atoms with Gasteiger partial charge in [-0.2, -0.15) is 5.10 Å². The third-order valence-electron chi connectivity index (χ3n) is 11.5. The number of pyridine rings is 1. The molecule has 7 heterocycles. The van der Waals surface area contributed by atoms with Crippen molar-refractivity contribution >= 4 is 46.2 Å². The molecule has 0 aliphatic carbocycles. The largest absolute Gasteiger partial charge is 0.341 e. The van der Waals surface area contributed by atoms with Crippen molar-refractivity contribution in [2.75, 3.05) is 26.2 Å². The van der Waals surface area contributed by atoms with Crippen LogP contribution in [0.3, 0.4) is 0 Å². The van der Waals surface area contributed by atoms with Crippen LogP contribution in [0.15, 0.2) is 48.8 Å². The van der Waals surface area contributed by atoms with E-state index in [1.54, 1.807) is 25.3 Å². The molecule has 1 unspecified atom stereocenters. The summed E-state index contributed by atoms with van der Waals surface area (Å²) in [6.45, 7) is 5.10. The van der Waals surface area contributed by atoms with Crippen molar-refractivity contribution in [2.24, 2.45) is 0 Å². The molecular formula is C39H38N8O6. The van der Waals surface area contributed by atoms with Gasteiger partial charge in [-0.1, -0.05) is 18.2 Å². The Morgan fingerprint density at radius 2 is 1.58 bits per heavy atom. The molecule has 1 N–H and O–H groups in total. The van der Waals surface area contributed by atoms with Gasteiger partial charge in [-0.15, -0.1) is 0 Å². The Kier molecular flexibility index (Phi) is 7.95. The van der Waals surface area contributed by atoms with Crippen LogP contribution >= 0.6 is 0 Å². The van der Waals surface area contributed by atoms with Crippen LogP contribution in [0.4, 0.5) is 0 Å². The molecule has 0 saturated carbocycles. The highest BCUT2D eigenvalue weighted by Crippen LogP contribution is 2.38. The van der Waals surface area contributed by atoms with E-state index in [9.17, 15) is 28.8 Å². The Morgan fingerprint density at radius 1 is 0.849 bits per heavy atom. The van der Waals surface area contributed by atoms with Crippen LogP contribution in [-0.2, 0) is 45.2 Å². The van der Waals surface area contributed by atoms with Crippen LogP contribution < -0.4 is 5.32 Å². The molecule has 14 nitrogen and oxygen atoms in total. The lowest BCUT2D eigenvalue weighted by molar-refractivity contribution is -0.136. The fraction of sp³-hybridized carbons (Fsp3) is 0.385. The molecule has 53 heavy (non-hydrogen) atoms. The van der Waals surface area contributed by atoms with Crippen molar-refractivity contribution in [1.82, 2.24) is 39.7 Å². The lowest BCUT2D eigenvalue weighted by Gasteiger charge is -2.34. The van der Waals surface area contributed by atoms with E-state index >= 15 is 0 Å². The number of imide groups is 2. The number of nitrogens with one attached hydrogen (secondary N) is 1. The van der Waals surface area contributed by atoms with Crippen LogP contribution in [0, 0.1) is 0 Å². The maximum atomic E-state index is 13.6. The minimum atomic E-state index is -1.01. The minimum absolute atomic E-state index is 0.0310. The number of aromatic nitrogens is 3. The monoisotopic (exact) mass is 714 g/mol. The van der Waals surface area contributed by atoms with E-state index in [4.69, 9.17) is 5.10 Å². The van der Waals surface area contributed by atoms with E-state index in [-0.39, 0.29) is 48.4 Å². The van der Waals surface area contributed by atoms with Gasteiger partial charge in [0.25, 0.3) is 11.8 Å². The van der Waals surface area contributed by atoms with Gasteiger partial charge in [0, 0.05) is 93.6 Å². The summed E-state index contributed by atoms with van der Waals surface area (Å²) in [7, 11) is 0. The smallest absolute Gasteiger partial charge is 0.262 e. The molecule has 2 aromatic heterocycles. The SMILES string of the molecule is CC(=O)N1CCc2c(c(-c3cccc4ccncc34)nn2C2CCN(C(=O)CN3Cc4cc5c(cc4C3)C(=O)N(C3CCC(=O)NC3=O)C5=O)CC2)C1. The average molecular weight is 715 g/mol. The molecule has 270 valence electrons. The van der Waals surface area contributed by atoms with Crippen LogP contribution in [0.5, 0.6) is 0 Å². The highest BCUT2D eigenvalue weighted by molar-refractivity contribution is 6.23. The Labute approximate surface area is 304 Å². The topological polar surface area (TPSA) is 158 Å². The first-order valence-corrected chi connectivity index (χ1v) is 18.2. The molecule has 6 amide bonds. The van der Waals surface area contributed by atoms with E-state index < -0.39 is 29.7 Å². The Hall–Kier alpha value is -5.76. The zero-order valence-corrected chi connectivity index (χ0v) is 29.3. The van der Waals surface area contributed by atoms with Crippen molar-refractivity contribution in [3.63, 3.8) is 0 Å². The lowest BCUT2D eigenvalue weighted by atomic mass is 9.97. The summed E-state index contributed by atoms with van der Waals surface area (Å²) >= 11 is 0. The van der Waals surface area contributed by atoms with E-state index in [1.807, 2.05) is 33.0 Å². The fourth-order valence-electron chi connectivity index (χ4n) is 8.75. The molecule has 5 aliphatic rings. The second-order valence-corrected chi connectivity index (χ2v) is 14.7. The van der Waals surface area contributed by atoms with Crippen molar-refractivity contribution in [3.05, 3.63) is 82.3 Å². The molecular weight excluding hydrogens is 676 g/mol. The number of carbonyl (C=O) groups is 6. The van der Waals surface area contributed by atoms with Gasteiger partial charge in [0.1, 0.15) is 6.04 Å². The molecule has 4 aromatic rings. The maximum Gasteiger partial charge on any atom is 0.262 e. The third kappa shape index (κ3) is 5.59. The number of carbonyl (C=O) groups excluding carboxylic acids is 6. The molecule has 0 spiro atoms. The number of rotatable bonds is 5. The van der Waals surface area contributed by atoms with Crippen molar-refractivity contribution < 1.29 is 28.8 Å². The quantitative estimate of drug-likeness (QED) is 0.307. The second kappa shape index (κ2) is 12.7. The van der Waals surface area contributed by atoms with Crippen molar-refractivity contribution in [1.29, 1.82) is 0 Å². The number of benzene rings is 2. The third-order valence-corrected chi connectivity index (χ3v) is 11.5. The first kappa shape index (κ1) is 33.1. The molecule has 5 aliphatic heterocycles. The van der Waals surface area contributed by atoms with Gasteiger partial charge in [0.2, 0.25) is 23.6 Å². The summed E-state index contributed by atoms with van der Waals surface area (Å²) in [6, 6.07) is 10.7. The number of hydrogen-bond donors (Lipinski definition) is 1. The van der Waals surface area contributed by atoms with Gasteiger partial charge in [0.15, 0.2) is 0 Å². The van der Waals surface area contributed by atoms with Gasteiger partial charge in [-0.25, -0.2) is 0 Å². The van der Waals surface area contributed by atoms with Gasteiger partial charge in [-0.05, 0) is 54.0 Å². The Bertz CT molecular complexity index is 2220. The standard InChI is InChI=1S/C39H38N8O6/c1-22(48)45-14-10-32-31(20-45)36(27-4-2-3-23-7-11-40-17-30(23)27)42-47(32)26-8-12-44(13-9-26)35(50)21-43-18-24-15-28-29(16-25(24)19-43)39(53)46(38(28)52)33-5-6-34(49)41-37(33)51/h2-4,7,11,15-17,26,33H,5-6,8-10,12-14,18-21H2,1H3,(H,41,49,51). The second-order valence-electron chi connectivity index (χ2n) is 14.7. The first-order valence-electron chi connectivity index (χ1n) is 18.2. The number of nitrogens with zero attached hydrogens (tertiary/aromatic N) is 7. The molecule has 14 heteroatoms. The zero-order chi connectivity index (χ0) is 36.5. The summed E-state index contributed by atoms with van der Waals surface area (Å²) in [5.74, 6) is -2.03. The Morgan fingerprint density at radius 3 is 2.28 bits per heavy atom. The van der Waals surface area contributed by atoms with Crippen LogP contribution in [0.1, 0.15) is 81.7 Å². The molecule has 2 saturated heterocycles. The number of fused-ring (bicyclic) bond motifs is 4. The Balaban J connectivity index is 0.872. The molecule has 1 atom stereocenters. The highest BCUT2D eigenvalue weighted by atomic mass is 16.2. The molecule has 0 radical (unpaired) electrons. The van der Waals surface area contributed by atoms with E-state index in [0.29, 0.717) is 39.3 Å². The van der Waals surface area contributed by atoms with Crippen molar-refractivity contribution in [3.8, 4) is 11.3 Å². The maximum absolute atomic E-state index is 13.6. The molecule has 9 rings (SSSR count).